The first-order chi connectivity index (χ1) is 16.1. The molecule has 34 heavy (non-hydrogen) atoms. The average molecular weight is 465 g/mol. The maximum Gasteiger partial charge on any atom is 0.255 e. The summed E-state index contributed by atoms with van der Waals surface area (Å²) in [5.74, 6) is -5.66. The minimum atomic E-state index is -2.58. The number of phenolic OH excluding ortho intramolecular Hbond substituents is 2. The van der Waals surface area contributed by atoms with Crippen LogP contribution in [-0.4, -0.2) is 56.7 Å². The number of carbonyl (C=O) groups is 3. The first-order valence-electron chi connectivity index (χ1n) is 11.2. The maximum atomic E-state index is 13.5. The Kier molecular flexibility index (Phi) is 4.09. The number of ether oxygens (including phenoxy) is 1. The molecule has 6 rings (SSSR count). The lowest BCUT2D eigenvalue weighted by molar-refractivity contribution is -0.164. The van der Waals surface area contributed by atoms with Gasteiger partial charge in [-0.05, 0) is 53.8 Å². The maximum absolute atomic E-state index is 13.5. The Balaban J connectivity index is 1.52. The van der Waals surface area contributed by atoms with Crippen LogP contribution in [0.25, 0.3) is 10.8 Å². The molecule has 0 bridgehead atoms. The van der Waals surface area contributed by atoms with Gasteiger partial charge in [0.05, 0.1) is 24.2 Å². The van der Waals surface area contributed by atoms with E-state index in [2.05, 4.69) is 0 Å². The van der Waals surface area contributed by atoms with Crippen molar-refractivity contribution in [2.45, 2.75) is 37.2 Å². The fourth-order valence-corrected chi connectivity index (χ4v) is 6.37. The van der Waals surface area contributed by atoms with Gasteiger partial charge in [-0.1, -0.05) is 6.07 Å². The number of hydrogen-bond acceptors (Lipinski definition) is 8. The summed E-state index contributed by atoms with van der Waals surface area (Å²) in [7, 11) is 0. The van der Waals surface area contributed by atoms with Crippen LogP contribution in [0.5, 0.6) is 11.5 Å². The predicted molar refractivity (Wildman–Crippen MR) is 117 cm³/mol. The Morgan fingerprint density at radius 3 is 2.41 bits per heavy atom. The van der Waals surface area contributed by atoms with E-state index in [1.54, 1.807) is 6.07 Å². The van der Waals surface area contributed by atoms with Gasteiger partial charge >= 0.3 is 0 Å². The molecule has 2 fully saturated rings. The SMILES string of the molecule is NC(=O)C1=C(O)C2(O)C(=O)c3c(cc4c(C5CC6(COC6)C5)ccc(O)c4c3O)CC2CC1=O. The zero-order valence-corrected chi connectivity index (χ0v) is 18.1. The Bertz CT molecular complexity index is 1360. The molecule has 1 saturated carbocycles. The summed E-state index contributed by atoms with van der Waals surface area (Å²) < 4.78 is 5.35. The number of fused-ring (bicyclic) bond motifs is 3. The summed E-state index contributed by atoms with van der Waals surface area (Å²) in [6, 6.07) is 5.01. The summed E-state index contributed by atoms with van der Waals surface area (Å²) in [4.78, 5) is 37.6. The Hall–Kier alpha value is -3.43. The fraction of sp³-hybridized carbons (Fsp3) is 0.400. The van der Waals surface area contributed by atoms with Gasteiger partial charge in [0.25, 0.3) is 5.91 Å². The van der Waals surface area contributed by atoms with E-state index >= 15 is 0 Å². The average Bonchev–Trinajstić information content (AvgIpc) is 2.69. The number of phenols is 2. The number of Topliss-reactive ketones (excluding diaryl/α,β-unsaturated/α-hetero) is 2. The highest BCUT2D eigenvalue weighted by Gasteiger charge is 2.58. The Morgan fingerprint density at radius 2 is 1.79 bits per heavy atom. The third-order valence-corrected chi connectivity index (χ3v) is 8.17. The second-order valence-electron chi connectivity index (χ2n) is 10.2. The zero-order chi connectivity index (χ0) is 24.2. The lowest BCUT2D eigenvalue weighted by Gasteiger charge is -2.53. The van der Waals surface area contributed by atoms with Crippen LogP contribution in [0.15, 0.2) is 29.5 Å². The lowest BCUT2D eigenvalue weighted by atomic mass is 9.58. The standard InChI is InChI=1S/C25H23NO8/c26-23(32)19-16(28)5-12-3-10-4-14-13(11-6-24(7-11)8-34-9-24)1-2-15(27)18(14)20(29)17(10)21(30)25(12,33)22(19)31/h1-2,4,11-12,27,29,31,33H,3,5-9H2,(H2,26,32). The third-order valence-electron chi connectivity index (χ3n) is 8.17. The molecule has 6 N–H and O–H groups in total. The molecule has 9 nitrogen and oxygen atoms in total. The molecule has 0 radical (unpaired) electrons. The number of aromatic hydroxyl groups is 2. The van der Waals surface area contributed by atoms with E-state index in [1.165, 1.54) is 6.07 Å². The monoisotopic (exact) mass is 465 g/mol. The number of ketones is 2. The Morgan fingerprint density at radius 1 is 1.09 bits per heavy atom. The quantitative estimate of drug-likeness (QED) is 0.416. The molecular weight excluding hydrogens is 442 g/mol. The molecule has 2 aromatic rings. The van der Waals surface area contributed by atoms with Crippen LogP contribution in [0.2, 0.25) is 0 Å². The molecular formula is C25H23NO8. The van der Waals surface area contributed by atoms with Crippen LogP contribution < -0.4 is 5.73 Å². The lowest BCUT2D eigenvalue weighted by Crippen LogP contribution is -2.56. The molecule has 1 spiro atoms. The van der Waals surface area contributed by atoms with Crippen LogP contribution in [-0.2, 0) is 20.7 Å². The van der Waals surface area contributed by atoms with Crippen molar-refractivity contribution >= 4 is 28.2 Å². The molecule has 9 heteroatoms. The fourth-order valence-electron chi connectivity index (χ4n) is 6.37. The highest BCUT2D eigenvalue weighted by Crippen LogP contribution is 2.57. The number of aliphatic hydroxyl groups excluding tert-OH is 1. The summed E-state index contributed by atoms with van der Waals surface area (Å²) in [6.07, 6.45) is 1.49. The van der Waals surface area contributed by atoms with Gasteiger partial charge in [-0.15, -0.1) is 0 Å². The molecule has 4 aliphatic rings. The van der Waals surface area contributed by atoms with E-state index in [-0.39, 0.29) is 40.9 Å². The molecule has 1 saturated heterocycles. The van der Waals surface area contributed by atoms with Gasteiger partial charge in [0, 0.05) is 17.8 Å². The van der Waals surface area contributed by atoms with E-state index in [0.29, 0.717) is 10.9 Å². The molecule has 1 heterocycles. The number of aliphatic hydroxyl groups is 2. The van der Waals surface area contributed by atoms with Crippen molar-refractivity contribution in [3.8, 4) is 11.5 Å². The van der Waals surface area contributed by atoms with Gasteiger partial charge in [-0.3, -0.25) is 14.4 Å². The number of rotatable bonds is 2. The number of amides is 1. The third kappa shape index (κ3) is 2.48. The highest BCUT2D eigenvalue weighted by atomic mass is 16.5. The molecule has 1 aliphatic heterocycles. The van der Waals surface area contributed by atoms with E-state index in [4.69, 9.17) is 10.5 Å². The van der Waals surface area contributed by atoms with Gasteiger partial charge < -0.3 is 30.9 Å². The van der Waals surface area contributed by atoms with Gasteiger partial charge in [0.15, 0.2) is 11.4 Å². The van der Waals surface area contributed by atoms with E-state index in [0.717, 1.165) is 31.6 Å². The first kappa shape index (κ1) is 21.1. The number of carbonyl (C=O) groups excluding carboxylic acids is 3. The predicted octanol–water partition coefficient (Wildman–Crippen LogP) is 1.50. The number of nitrogens with two attached hydrogens (primary N) is 1. The van der Waals surface area contributed by atoms with Crippen molar-refractivity contribution in [3.05, 3.63) is 46.2 Å². The second kappa shape index (κ2) is 6.58. The Labute approximate surface area is 193 Å². The zero-order valence-electron chi connectivity index (χ0n) is 18.1. The molecule has 0 aromatic heterocycles. The van der Waals surface area contributed by atoms with Crippen LogP contribution >= 0.6 is 0 Å². The largest absolute Gasteiger partial charge is 0.508 e. The van der Waals surface area contributed by atoms with E-state index < -0.39 is 46.1 Å². The van der Waals surface area contributed by atoms with Crippen molar-refractivity contribution < 1.29 is 39.5 Å². The molecule has 2 aromatic carbocycles. The van der Waals surface area contributed by atoms with E-state index in [9.17, 15) is 34.8 Å². The minimum Gasteiger partial charge on any atom is -0.508 e. The number of hydrogen-bond donors (Lipinski definition) is 5. The van der Waals surface area contributed by atoms with Crippen LogP contribution in [0.4, 0.5) is 0 Å². The molecule has 2 unspecified atom stereocenters. The first-order valence-corrected chi connectivity index (χ1v) is 11.2. The van der Waals surface area contributed by atoms with Crippen molar-refractivity contribution in [1.82, 2.24) is 0 Å². The number of benzene rings is 2. The van der Waals surface area contributed by atoms with Gasteiger partial charge in [0.1, 0.15) is 22.8 Å². The summed E-state index contributed by atoms with van der Waals surface area (Å²) in [5, 5.41) is 44.3. The summed E-state index contributed by atoms with van der Waals surface area (Å²) >= 11 is 0. The second-order valence-corrected chi connectivity index (χ2v) is 10.2. The smallest absolute Gasteiger partial charge is 0.255 e. The molecule has 2 atom stereocenters. The summed E-state index contributed by atoms with van der Waals surface area (Å²) in [5.41, 5.74) is 3.11. The van der Waals surface area contributed by atoms with Crippen molar-refractivity contribution in [2.24, 2.45) is 17.1 Å². The molecule has 3 aliphatic carbocycles. The van der Waals surface area contributed by atoms with E-state index in [1.807, 2.05) is 6.07 Å². The van der Waals surface area contributed by atoms with Gasteiger partial charge in [0.2, 0.25) is 5.78 Å². The summed E-state index contributed by atoms with van der Waals surface area (Å²) in [6.45, 7) is 1.46. The van der Waals surface area contributed by atoms with Crippen LogP contribution in [0.3, 0.4) is 0 Å². The number of primary amides is 1. The molecule has 1 amide bonds. The van der Waals surface area contributed by atoms with Crippen molar-refractivity contribution in [2.75, 3.05) is 13.2 Å². The normalized spacial score (nSPS) is 27.9. The van der Waals surface area contributed by atoms with Crippen molar-refractivity contribution in [1.29, 1.82) is 0 Å². The topological polar surface area (TPSA) is 167 Å². The van der Waals surface area contributed by atoms with Crippen LogP contribution in [0.1, 0.15) is 46.7 Å². The van der Waals surface area contributed by atoms with Gasteiger partial charge in [-0.25, -0.2) is 0 Å². The highest BCUT2D eigenvalue weighted by molar-refractivity contribution is 6.23. The van der Waals surface area contributed by atoms with Crippen molar-refractivity contribution in [3.63, 3.8) is 0 Å². The minimum absolute atomic E-state index is 0.000452. The molecule has 176 valence electrons. The van der Waals surface area contributed by atoms with Gasteiger partial charge in [-0.2, -0.15) is 0 Å². The van der Waals surface area contributed by atoms with Crippen LogP contribution in [0, 0.1) is 11.3 Å².